The fraction of sp³-hybridized carbons (Fsp3) is 0.515. The Labute approximate surface area is 221 Å². The summed E-state index contributed by atoms with van der Waals surface area (Å²) in [7, 11) is 0. The van der Waals surface area contributed by atoms with Crippen LogP contribution in [0.5, 0.6) is 0 Å². The molecule has 0 nitrogen and oxygen atoms in total. The van der Waals surface area contributed by atoms with Crippen LogP contribution in [0.25, 0.3) is 0 Å². The van der Waals surface area contributed by atoms with Gasteiger partial charge in [0.2, 0.25) is 0 Å². The predicted molar refractivity (Wildman–Crippen MR) is 155 cm³/mol. The number of allylic oxidation sites excluding steroid dienone is 10. The Morgan fingerprint density at radius 2 is 1.74 bits per heavy atom. The Hall–Kier alpha value is -1.38. The first-order valence-electron chi connectivity index (χ1n) is 14.0. The molecule has 1 fully saturated rings. The van der Waals surface area contributed by atoms with Crippen molar-refractivity contribution in [3.63, 3.8) is 0 Å². The standard InChI is InChI=1S/C33H40S2/c1-22-28(20-32(34-22)25-14-8-4-9-15-25)30-18-27(24-12-6-3-7-13-24)19-31(30)29-21-33(35-23(29)2)26-16-10-5-11-17-26/h4-5,8-10,14-15,18,21,23,26,29,31-32H,3,6-7,11-13,16-17,19-20H2,1-2H3. The molecule has 5 atom stereocenters. The second-order valence-electron chi connectivity index (χ2n) is 11.3. The molecule has 5 aliphatic rings. The molecule has 2 heteroatoms. The zero-order chi connectivity index (χ0) is 23.8. The van der Waals surface area contributed by atoms with Crippen LogP contribution in [0.2, 0.25) is 0 Å². The van der Waals surface area contributed by atoms with E-state index < -0.39 is 0 Å². The first kappa shape index (κ1) is 24.0. The summed E-state index contributed by atoms with van der Waals surface area (Å²) in [5.74, 6) is 2.11. The summed E-state index contributed by atoms with van der Waals surface area (Å²) in [6, 6.07) is 11.2. The Kier molecular flexibility index (Phi) is 7.22. The largest absolute Gasteiger partial charge is 0.127 e. The molecule has 0 spiro atoms. The molecule has 2 heterocycles. The molecule has 0 saturated heterocycles. The van der Waals surface area contributed by atoms with E-state index >= 15 is 0 Å². The maximum Gasteiger partial charge on any atom is 0.0382 e. The third kappa shape index (κ3) is 4.95. The van der Waals surface area contributed by atoms with Crippen molar-refractivity contribution in [3.8, 4) is 0 Å². The van der Waals surface area contributed by atoms with Crippen LogP contribution in [-0.2, 0) is 0 Å². The number of thioether (sulfide) groups is 2. The van der Waals surface area contributed by atoms with Crippen molar-refractivity contribution in [2.24, 2.45) is 17.8 Å². The first-order valence-corrected chi connectivity index (χ1v) is 15.8. The monoisotopic (exact) mass is 500 g/mol. The minimum Gasteiger partial charge on any atom is -0.127 e. The summed E-state index contributed by atoms with van der Waals surface area (Å²) in [6.07, 6.45) is 23.5. The van der Waals surface area contributed by atoms with Gasteiger partial charge in [-0.05, 0) is 115 Å². The molecule has 0 radical (unpaired) electrons. The number of hydrogen-bond donors (Lipinski definition) is 0. The van der Waals surface area contributed by atoms with Gasteiger partial charge in [0.1, 0.15) is 0 Å². The van der Waals surface area contributed by atoms with Gasteiger partial charge >= 0.3 is 0 Å². The molecule has 6 rings (SSSR count). The average Bonchev–Trinajstić information content (AvgIpc) is 3.62. The lowest BCUT2D eigenvalue weighted by molar-refractivity contribution is 0.462. The van der Waals surface area contributed by atoms with Gasteiger partial charge in [0.25, 0.3) is 0 Å². The summed E-state index contributed by atoms with van der Waals surface area (Å²) in [4.78, 5) is 3.28. The van der Waals surface area contributed by atoms with E-state index in [9.17, 15) is 0 Å². The van der Waals surface area contributed by atoms with Crippen molar-refractivity contribution in [2.75, 3.05) is 0 Å². The SMILES string of the molecule is CC1=C(C2=CC(=C3CCCCC3)CC2C2C=C(C3CC=CCC3)SC2C)CC(c2ccccc2)S1. The summed E-state index contributed by atoms with van der Waals surface area (Å²) in [5.41, 5.74) is 8.39. The molecule has 1 saturated carbocycles. The second-order valence-corrected chi connectivity index (χ2v) is 14.2. The molecule has 0 aromatic heterocycles. The van der Waals surface area contributed by atoms with Gasteiger partial charge in [-0.2, -0.15) is 0 Å². The Morgan fingerprint density at radius 3 is 2.51 bits per heavy atom. The van der Waals surface area contributed by atoms with Gasteiger partial charge in [0.15, 0.2) is 0 Å². The van der Waals surface area contributed by atoms with E-state index in [1.54, 1.807) is 32.1 Å². The van der Waals surface area contributed by atoms with E-state index in [2.05, 4.69) is 92.0 Å². The molecule has 35 heavy (non-hydrogen) atoms. The second kappa shape index (κ2) is 10.5. The average molecular weight is 501 g/mol. The van der Waals surface area contributed by atoms with E-state index in [1.807, 2.05) is 0 Å². The van der Waals surface area contributed by atoms with Crippen LogP contribution in [0.15, 0.2) is 86.7 Å². The van der Waals surface area contributed by atoms with Crippen molar-refractivity contribution in [1.29, 1.82) is 0 Å². The maximum atomic E-state index is 2.75. The zero-order valence-electron chi connectivity index (χ0n) is 21.5. The summed E-state index contributed by atoms with van der Waals surface area (Å²) in [6.45, 7) is 4.91. The maximum absolute atomic E-state index is 2.75. The van der Waals surface area contributed by atoms with Gasteiger partial charge < -0.3 is 0 Å². The van der Waals surface area contributed by atoms with Crippen molar-refractivity contribution in [1.82, 2.24) is 0 Å². The molecular formula is C33H40S2. The van der Waals surface area contributed by atoms with E-state index in [-0.39, 0.29) is 0 Å². The Bertz CT molecular complexity index is 1090. The molecule has 184 valence electrons. The molecule has 3 aliphatic carbocycles. The van der Waals surface area contributed by atoms with Crippen LogP contribution in [0.1, 0.15) is 88.9 Å². The van der Waals surface area contributed by atoms with Crippen LogP contribution in [-0.4, -0.2) is 5.25 Å². The molecule has 0 bridgehead atoms. The molecule has 1 aromatic rings. The van der Waals surface area contributed by atoms with Crippen molar-refractivity contribution in [2.45, 2.75) is 88.6 Å². The van der Waals surface area contributed by atoms with Gasteiger partial charge in [-0.15, -0.1) is 23.5 Å². The lowest BCUT2D eigenvalue weighted by Gasteiger charge is -2.26. The van der Waals surface area contributed by atoms with E-state index in [1.165, 1.54) is 69.8 Å². The Morgan fingerprint density at radius 1 is 0.914 bits per heavy atom. The number of benzene rings is 1. The molecule has 1 aromatic carbocycles. The van der Waals surface area contributed by atoms with E-state index in [0.29, 0.717) is 22.3 Å². The smallest absolute Gasteiger partial charge is 0.0382 e. The Balaban J connectivity index is 1.32. The highest BCUT2D eigenvalue weighted by atomic mass is 32.2. The van der Waals surface area contributed by atoms with E-state index in [4.69, 9.17) is 0 Å². The zero-order valence-corrected chi connectivity index (χ0v) is 23.1. The van der Waals surface area contributed by atoms with Crippen LogP contribution >= 0.6 is 23.5 Å². The van der Waals surface area contributed by atoms with Gasteiger partial charge in [-0.25, -0.2) is 0 Å². The fourth-order valence-electron chi connectivity index (χ4n) is 7.12. The van der Waals surface area contributed by atoms with Crippen molar-refractivity contribution in [3.05, 3.63) is 92.3 Å². The van der Waals surface area contributed by atoms with Crippen molar-refractivity contribution < 1.29 is 0 Å². The van der Waals surface area contributed by atoms with E-state index in [0.717, 1.165) is 5.92 Å². The molecule has 5 unspecified atom stereocenters. The topological polar surface area (TPSA) is 0 Å². The third-order valence-corrected chi connectivity index (χ3v) is 11.8. The van der Waals surface area contributed by atoms with Crippen LogP contribution in [0.4, 0.5) is 0 Å². The molecule has 2 aliphatic heterocycles. The van der Waals surface area contributed by atoms with Gasteiger partial charge in [-0.3, -0.25) is 0 Å². The summed E-state index contributed by atoms with van der Waals surface area (Å²) >= 11 is 4.32. The highest BCUT2D eigenvalue weighted by Crippen LogP contribution is 2.57. The van der Waals surface area contributed by atoms with Crippen LogP contribution in [0.3, 0.4) is 0 Å². The summed E-state index contributed by atoms with van der Waals surface area (Å²) < 4.78 is 0. The predicted octanol–water partition coefficient (Wildman–Crippen LogP) is 10.3. The highest BCUT2D eigenvalue weighted by Gasteiger charge is 2.41. The minimum atomic E-state index is 0.578. The highest BCUT2D eigenvalue weighted by molar-refractivity contribution is 8.04. The van der Waals surface area contributed by atoms with Crippen molar-refractivity contribution >= 4 is 23.5 Å². The van der Waals surface area contributed by atoms with Gasteiger partial charge in [-0.1, -0.05) is 73.6 Å². The van der Waals surface area contributed by atoms with Gasteiger partial charge in [0.05, 0.1) is 0 Å². The number of rotatable bonds is 4. The third-order valence-electron chi connectivity index (χ3n) is 9.09. The normalized spacial score (nSPS) is 33.5. The lowest BCUT2D eigenvalue weighted by Crippen LogP contribution is -2.20. The van der Waals surface area contributed by atoms with Crippen LogP contribution in [0, 0.1) is 17.8 Å². The quantitative estimate of drug-likeness (QED) is 0.377. The molecule has 0 N–H and O–H groups in total. The minimum absolute atomic E-state index is 0.578. The summed E-state index contributed by atoms with van der Waals surface area (Å²) in [5, 5.41) is 1.27. The van der Waals surface area contributed by atoms with Gasteiger partial charge in [0, 0.05) is 10.5 Å². The molecular weight excluding hydrogens is 460 g/mol. The first-order chi connectivity index (χ1) is 17.2. The van der Waals surface area contributed by atoms with Crippen LogP contribution < -0.4 is 0 Å². The fourth-order valence-corrected chi connectivity index (χ4v) is 9.93. The molecule has 0 amide bonds. The number of hydrogen-bond acceptors (Lipinski definition) is 2. The lowest BCUT2D eigenvalue weighted by atomic mass is 9.79.